The number of hydrogen-bond donors (Lipinski definition) is 0. The lowest BCUT2D eigenvalue weighted by atomic mass is 9.67. The Morgan fingerprint density at radius 1 is 0.556 bits per heavy atom. The predicted molar refractivity (Wildman–Crippen MR) is 91.0 cm³/mol. The smallest absolute Gasteiger partial charge is 0.157 e. The normalized spacial score (nSPS) is 10.8. The van der Waals surface area contributed by atoms with Crippen LogP contribution in [-0.2, 0) is 0 Å². The monoisotopic (exact) mass is 316 g/mol. The van der Waals surface area contributed by atoms with Crippen LogP contribution in [0.1, 0.15) is 90.9 Å². The molecule has 0 atom stereocenters. The lowest BCUT2D eigenvalue weighted by Crippen LogP contribution is -2.01. The molecule has 0 unspecified atom stereocenters. The van der Waals surface area contributed by atoms with Gasteiger partial charge in [-0.15, -0.1) is 0 Å². The Morgan fingerprint density at radius 3 is 1.28 bits per heavy atom. The molecule has 18 heavy (non-hydrogen) atoms. The number of hydrogen-bond acceptors (Lipinski definition) is 0. The van der Waals surface area contributed by atoms with Crippen LogP contribution in [0.2, 0.25) is 12.6 Å². The second kappa shape index (κ2) is 15.6. The minimum atomic E-state index is 0.787. The van der Waals surface area contributed by atoms with Gasteiger partial charge in [0, 0.05) is 0 Å². The molecule has 0 spiro atoms. The molecule has 0 aliphatic rings. The Bertz CT molecular complexity index is 134. The van der Waals surface area contributed by atoms with Crippen molar-refractivity contribution in [3.05, 3.63) is 0 Å². The molecule has 0 saturated carbocycles. The molecule has 0 saturated heterocycles. The second-order valence-electron chi connectivity index (χ2n) is 5.71. The van der Waals surface area contributed by atoms with Gasteiger partial charge in [0.2, 0.25) is 5.54 Å². The van der Waals surface area contributed by atoms with Crippen molar-refractivity contribution in [1.82, 2.24) is 0 Å². The van der Waals surface area contributed by atoms with E-state index < -0.39 is 0 Å². The van der Waals surface area contributed by atoms with Crippen LogP contribution in [0.25, 0.3) is 0 Å². The van der Waals surface area contributed by atoms with E-state index in [2.05, 4.69) is 29.6 Å². The molecule has 0 fully saturated rings. The Labute approximate surface area is 125 Å². The molecule has 0 nitrogen and oxygen atoms in total. The van der Waals surface area contributed by atoms with Crippen molar-refractivity contribution in [2.45, 2.75) is 104 Å². The average molecular weight is 317 g/mol. The topological polar surface area (TPSA) is 0 Å². The summed E-state index contributed by atoms with van der Waals surface area (Å²) in [5.74, 6) is 0. The van der Waals surface area contributed by atoms with Gasteiger partial charge in [0.1, 0.15) is 0 Å². The molecule has 0 amide bonds. The van der Waals surface area contributed by atoms with Crippen LogP contribution in [0.4, 0.5) is 0 Å². The van der Waals surface area contributed by atoms with E-state index >= 15 is 0 Å². The quantitative estimate of drug-likeness (QED) is 0.237. The van der Waals surface area contributed by atoms with Crippen LogP contribution >= 0.6 is 15.8 Å². The predicted octanol–water partition coefficient (Wildman–Crippen LogP) is 7.09. The fourth-order valence-electron chi connectivity index (χ4n) is 2.44. The molecular weight excluding hydrogens is 283 g/mol. The maximum atomic E-state index is 3.84. The standard InChI is InChI=1S/C16H34BBr/c1-3-5-7-9-11-13-15-17(18)16-14-12-10-8-6-4-2/h3-16H2,1-2H3. The fraction of sp³-hybridized carbons (Fsp3) is 1.00. The Kier molecular flexibility index (Phi) is 16.1. The molecule has 0 bridgehead atoms. The Hall–Kier alpha value is 0.545. The molecule has 0 aromatic rings. The van der Waals surface area contributed by atoms with Crippen molar-refractivity contribution in [3.63, 3.8) is 0 Å². The van der Waals surface area contributed by atoms with E-state index in [0.29, 0.717) is 0 Å². The number of unbranched alkanes of at least 4 members (excludes halogenated alkanes) is 10. The summed E-state index contributed by atoms with van der Waals surface area (Å²) in [5, 5.41) is 0. The SMILES string of the molecule is CCCCCCCCB(Br)CCCCCCCC. The van der Waals surface area contributed by atoms with Crippen molar-refractivity contribution < 1.29 is 0 Å². The van der Waals surface area contributed by atoms with E-state index in [4.69, 9.17) is 0 Å². The van der Waals surface area contributed by atoms with Crippen LogP contribution in [0, 0.1) is 0 Å². The van der Waals surface area contributed by atoms with Gasteiger partial charge in [0.15, 0.2) is 0 Å². The fourth-order valence-corrected chi connectivity index (χ4v) is 3.08. The summed E-state index contributed by atoms with van der Waals surface area (Å²) in [6.07, 6.45) is 19.9. The highest BCUT2D eigenvalue weighted by atomic mass is 79.9. The van der Waals surface area contributed by atoms with Crippen molar-refractivity contribution in [3.8, 4) is 0 Å². The van der Waals surface area contributed by atoms with E-state index in [0.717, 1.165) is 5.54 Å². The van der Waals surface area contributed by atoms with Crippen LogP contribution in [0.3, 0.4) is 0 Å². The third-order valence-electron chi connectivity index (χ3n) is 3.74. The van der Waals surface area contributed by atoms with Crippen molar-refractivity contribution >= 4 is 21.3 Å². The van der Waals surface area contributed by atoms with E-state index in [-0.39, 0.29) is 0 Å². The largest absolute Gasteiger partial charge is 0.222 e. The minimum absolute atomic E-state index is 0.787. The summed E-state index contributed by atoms with van der Waals surface area (Å²) in [7, 11) is 0. The van der Waals surface area contributed by atoms with Crippen molar-refractivity contribution in [2.24, 2.45) is 0 Å². The summed E-state index contributed by atoms with van der Waals surface area (Å²) in [5.41, 5.74) is 0.787. The van der Waals surface area contributed by atoms with E-state index in [9.17, 15) is 0 Å². The zero-order chi connectivity index (χ0) is 13.5. The second-order valence-corrected chi connectivity index (χ2v) is 7.01. The molecule has 108 valence electrons. The van der Waals surface area contributed by atoms with Gasteiger partial charge in [-0.05, 0) is 0 Å². The first-order valence-electron chi connectivity index (χ1n) is 8.45. The summed E-state index contributed by atoms with van der Waals surface area (Å²) >= 11 is 3.84. The van der Waals surface area contributed by atoms with Crippen LogP contribution in [0.15, 0.2) is 0 Å². The molecule has 0 aromatic carbocycles. The van der Waals surface area contributed by atoms with Crippen molar-refractivity contribution in [1.29, 1.82) is 0 Å². The summed E-state index contributed by atoms with van der Waals surface area (Å²) in [4.78, 5) is 0. The molecule has 0 rings (SSSR count). The van der Waals surface area contributed by atoms with Crippen LogP contribution in [0.5, 0.6) is 0 Å². The average Bonchev–Trinajstić information content (AvgIpc) is 2.38. The number of rotatable bonds is 14. The highest BCUT2D eigenvalue weighted by Crippen LogP contribution is 2.18. The first-order valence-corrected chi connectivity index (χ1v) is 9.36. The zero-order valence-electron chi connectivity index (χ0n) is 12.9. The van der Waals surface area contributed by atoms with Gasteiger partial charge >= 0.3 is 0 Å². The Morgan fingerprint density at radius 2 is 0.889 bits per heavy atom. The molecule has 0 aromatic heterocycles. The van der Waals surface area contributed by atoms with Gasteiger partial charge in [-0.1, -0.05) is 104 Å². The highest BCUT2D eigenvalue weighted by molar-refractivity contribution is 9.24. The third kappa shape index (κ3) is 14.6. The Balaban J connectivity index is 3.10. The molecule has 0 aliphatic heterocycles. The zero-order valence-corrected chi connectivity index (χ0v) is 14.4. The van der Waals surface area contributed by atoms with Crippen LogP contribution in [-0.4, -0.2) is 5.54 Å². The van der Waals surface area contributed by atoms with Gasteiger partial charge in [-0.2, -0.15) is 15.8 Å². The van der Waals surface area contributed by atoms with E-state index in [1.165, 1.54) is 89.7 Å². The molecule has 0 N–H and O–H groups in total. The van der Waals surface area contributed by atoms with Gasteiger partial charge < -0.3 is 0 Å². The molecule has 2 heteroatoms. The molecule has 0 radical (unpaired) electrons. The lowest BCUT2D eigenvalue weighted by molar-refractivity contribution is 0.618. The molecule has 0 aliphatic carbocycles. The van der Waals surface area contributed by atoms with Gasteiger partial charge in [0.25, 0.3) is 0 Å². The molecular formula is C16H34BBr. The maximum absolute atomic E-state index is 3.84. The highest BCUT2D eigenvalue weighted by Gasteiger charge is 2.08. The first-order chi connectivity index (χ1) is 8.81. The lowest BCUT2D eigenvalue weighted by Gasteiger charge is -2.06. The van der Waals surface area contributed by atoms with E-state index in [1.54, 1.807) is 0 Å². The van der Waals surface area contributed by atoms with Gasteiger partial charge in [0.05, 0.1) is 0 Å². The van der Waals surface area contributed by atoms with Crippen LogP contribution < -0.4 is 0 Å². The van der Waals surface area contributed by atoms with Gasteiger partial charge in [-0.25, -0.2) is 0 Å². The third-order valence-corrected chi connectivity index (χ3v) is 4.66. The summed E-state index contributed by atoms with van der Waals surface area (Å²) in [6, 6.07) is 0. The van der Waals surface area contributed by atoms with E-state index in [1.807, 2.05) is 0 Å². The summed E-state index contributed by atoms with van der Waals surface area (Å²) < 4.78 is 0. The first kappa shape index (κ1) is 18.5. The molecule has 0 heterocycles. The minimum Gasteiger partial charge on any atom is -0.157 e. The number of halogens is 1. The summed E-state index contributed by atoms with van der Waals surface area (Å²) in [6.45, 7) is 4.57. The maximum Gasteiger partial charge on any atom is 0.222 e. The van der Waals surface area contributed by atoms with Crippen molar-refractivity contribution in [2.75, 3.05) is 0 Å². The van der Waals surface area contributed by atoms with Gasteiger partial charge in [-0.3, -0.25) is 0 Å².